The van der Waals surface area contributed by atoms with Crippen molar-refractivity contribution in [1.82, 2.24) is 0 Å². The summed E-state index contributed by atoms with van der Waals surface area (Å²) in [5.41, 5.74) is 0. The second kappa shape index (κ2) is 19.6. The van der Waals surface area contributed by atoms with Crippen LogP contribution in [0.15, 0.2) is 18.9 Å². The molecule has 0 bridgehead atoms. The molecule has 0 heterocycles. The first-order chi connectivity index (χ1) is 11.9. The van der Waals surface area contributed by atoms with Gasteiger partial charge in [-0.1, -0.05) is 109 Å². The Kier molecular flexibility index (Phi) is 21.4. The molecule has 0 aromatic rings. The van der Waals surface area contributed by atoms with Gasteiger partial charge in [-0.15, -0.1) is 0 Å². The van der Waals surface area contributed by atoms with Crippen molar-refractivity contribution in [1.29, 1.82) is 0 Å². The van der Waals surface area contributed by atoms with Crippen LogP contribution >= 0.6 is 95.6 Å². The second-order valence-electron chi connectivity index (χ2n) is 5.99. The van der Waals surface area contributed by atoms with Gasteiger partial charge in [0.05, 0.1) is 6.78 Å². The molecule has 0 aliphatic heterocycles. The molecule has 0 saturated heterocycles. The summed E-state index contributed by atoms with van der Waals surface area (Å²) < 4.78 is 7.11. The second-order valence-corrected chi connectivity index (χ2v) is 13.3. The molecule has 1 nitrogen and oxygen atoms in total. The highest BCUT2D eigenvalue weighted by atomic mass is 79.9. The van der Waals surface area contributed by atoms with Gasteiger partial charge in [-0.25, -0.2) is 0 Å². The fourth-order valence-corrected chi connectivity index (χ4v) is 6.18. The largest absolute Gasteiger partial charge is 0.344 e. The standard InChI is InChI=1S/C12H24.C6H4Br6O/c1-2-4-6-8-10-12-11-9-7-5-3-1;7-3(8)1-5(11)13-6(12)2-4(9)10/h1-12H2;1-2,5-6H. The lowest BCUT2D eigenvalue weighted by atomic mass is 10.0. The number of hydrogen-bond donors (Lipinski definition) is 0. The molecule has 1 rings (SSSR count). The topological polar surface area (TPSA) is 9.23 Å². The summed E-state index contributed by atoms with van der Waals surface area (Å²) in [6.07, 6.45) is 21.6. The Hall–Kier alpha value is 2.32. The average Bonchev–Trinajstić information content (AvgIpc) is 2.46. The van der Waals surface area contributed by atoms with Gasteiger partial charge in [0.15, 0.2) is 0 Å². The van der Waals surface area contributed by atoms with Crippen molar-refractivity contribution in [3.63, 3.8) is 0 Å². The van der Waals surface area contributed by atoms with Crippen molar-refractivity contribution in [2.24, 2.45) is 0 Å². The normalized spacial score (nSPS) is 19.1. The van der Waals surface area contributed by atoms with E-state index in [1.165, 1.54) is 77.0 Å². The van der Waals surface area contributed by atoms with Gasteiger partial charge in [0, 0.05) is 0 Å². The molecule has 148 valence electrons. The van der Waals surface area contributed by atoms with Crippen molar-refractivity contribution in [3.8, 4) is 0 Å². The Morgan fingerprint density at radius 2 is 0.720 bits per heavy atom. The number of rotatable bonds is 4. The number of ether oxygens (including phenoxy) is 1. The summed E-state index contributed by atoms with van der Waals surface area (Å²) in [6, 6.07) is 0. The molecule has 0 aromatic heterocycles. The first-order valence-corrected chi connectivity index (χ1v) is 13.9. The van der Waals surface area contributed by atoms with Crippen molar-refractivity contribution in [3.05, 3.63) is 18.9 Å². The molecule has 0 aromatic carbocycles. The van der Waals surface area contributed by atoms with Crippen LogP contribution in [0.4, 0.5) is 0 Å². The molecule has 0 spiro atoms. The number of halogens is 6. The van der Waals surface area contributed by atoms with Crippen LogP contribution in [0.5, 0.6) is 0 Å². The molecule has 1 aliphatic carbocycles. The van der Waals surface area contributed by atoms with E-state index in [-0.39, 0.29) is 10.0 Å². The van der Waals surface area contributed by atoms with Crippen molar-refractivity contribution < 1.29 is 4.74 Å². The summed E-state index contributed by atoms with van der Waals surface area (Å²) in [6.45, 7) is 0. The van der Waals surface area contributed by atoms with Crippen molar-refractivity contribution in [2.45, 2.75) is 87.1 Å². The zero-order valence-corrected chi connectivity index (χ0v) is 24.0. The SMILES string of the molecule is BrC(Br)=CC(Br)OC(Br)C=C(Br)Br.C1CCCCCCCCCCC1. The quantitative estimate of drug-likeness (QED) is 0.261. The third-order valence-electron chi connectivity index (χ3n) is 3.77. The van der Waals surface area contributed by atoms with Crippen molar-refractivity contribution in [2.75, 3.05) is 0 Å². The first-order valence-electron chi connectivity index (χ1n) is 8.91. The van der Waals surface area contributed by atoms with Gasteiger partial charge in [-0.05, 0) is 75.9 Å². The van der Waals surface area contributed by atoms with E-state index < -0.39 is 0 Å². The molecular formula is C18H28Br6O. The smallest absolute Gasteiger partial charge is 0.134 e. The fraction of sp³-hybridized carbons (Fsp3) is 0.778. The van der Waals surface area contributed by atoms with E-state index in [0.29, 0.717) is 0 Å². The van der Waals surface area contributed by atoms with Gasteiger partial charge < -0.3 is 4.74 Å². The van der Waals surface area contributed by atoms with Gasteiger partial charge in [0.1, 0.15) is 10.0 Å². The van der Waals surface area contributed by atoms with Gasteiger partial charge >= 0.3 is 0 Å². The fourth-order valence-electron chi connectivity index (χ4n) is 2.52. The summed E-state index contributed by atoms with van der Waals surface area (Å²) in [5, 5.41) is -0.331. The highest BCUT2D eigenvalue weighted by Crippen LogP contribution is 2.23. The third kappa shape index (κ3) is 22.5. The van der Waals surface area contributed by atoms with Crippen LogP contribution in [-0.4, -0.2) is 10.0 Å². The van der Waals surface area contributed by atoms with Gasteiger partial charge in [0.25, 0.3) is 0 Å². The monoisotopic (exact) mass is 734 g/mol. The minimum atomic E-state index is -0.166. The molecule has 0 radical (unpaired) electrons. The lowest BCUT2D eigenvalue weighted by molar-refractivity contribution is 0.155. The molecule has 2 unspecified atom stereocenters. The number of hydrogen-bond acceptors (Lipinski definition) is 1. The summed E-state index contributed by atoms with van der Waals surface area (Å²) in [5.74, 6) is 0. The van der Waals surface area contributed by atoms with Gasteiger partial charge in [-0.2, -0.15) is 0 Å². The molecule has 0 amide bonds. The van der Waals surface area contributed by atoms with E-state index in [1.807, 2.05) is 12.2 Å². The maximum absolute atomic E-state index is 5.43. The molecule has 25 heavy (non-hydrogen) atoms. The van der Waals surface area contributed by atoms with Crippen LogP contribution < -0.4 is 0 Å². The van der Waals surface area contributed by atoms with Crippen LogP contribution in [0.3, 0.4) is 0 Å². The van der Waals surface area contributed by atoms with E-state index in [4.69, 9.17) is 4.74 Å². The minimum absolute atomic E-state index is 0.166. The maximum Gasteiger partial charge on any atom is 0.134 e. The highest BCUT2D eigenvalue weighted by molar-refractivity contribution is 9.28. The molecule has 1 saturated carbocycles. The summed E-state index contributed by atoms with van der Waals surface area (Å²) in [7, 11) is 0. The third-order valence-corrected chi connectivity index (χ3v) is 5.79. The first kappa shape index (κ1) is 27.3. The van der Waals surface area contributed by atoms with Crippen LogP contribution in [0.2, 0.25) is 0 Å². The number of alkyl halides is 2. The predicted octanol–water partition coefficient (Wildman–Crippen LogP) is 10.4. The van der Waals surface area contributed by atoms with Crippen LogP contribution in [-0.2, 0) is 4.74 Å². The van der Waals surface area contributed by atoms with Crippen LogP contribution in [0, 0.1) is 0 Å². The molecule has 1 aliphatic rings. The van der Waals surface area contributed by atoms with E-state index in [1.54, 1.807) is 0 Å². The molecule has 1 fully saturated rings. The van der Waals surface area contributed by atoms with Gasteiger partial charge in [0.2, 0.25) is 0 Å². The Morgan fingerprint density at radius 1 is 0.520 bits per heavy atom. The van der Waals surface area contributed by atoms with Crippen molar-refractivity contribution >= 4 is 95.6 Å². The van der Waals surface area contributed by atoms with E-state index in [0.717, 1.165) is 6.78 Å². The lowest BCUT2D eigenvalue weighted by Gasteiger charge is -2.10. The average molecular weight is 740 g/mol. The van der Waals surface area contributed by atoms with Crippen LogP contribution in [0.25, 0.3) is 0 Å². The molecular weight excluding hydrogens is 712 g/mol. The Bertz CT molecular complexity index is 300. The van der Waals surface area contributed by atoms with E-state index in [2.05, 4.69) is 95.6 Å². The molecule has 7 heteroatoms. The Morgan fingerprint density at radius 3 is 0.880 bits per heavy atom. The van der Waals surface area contributed by atoms with Crippen LogP contribution in [0.1, 0.15) is 77.0 Å². The molecule has 2 atom stereocenters. The predicted molar refractivity (Wildman–Crippen MR) is 134 cm³/mol. The van der Waals surface area contributed by atoms with E-state index >= 15 is 0 Å². The summed E-state index contributed by atoms with van der Waals surface area (Å²) in [4.78, 5) is 0. The zero-order valence-electron chi connectivity index (χ0n) is 14.5. The van der Waals surface area contributed by atoms with E-state index in [9.17, 15) is 0 Å². The maximum atomic E-state index is 5.43. The Labute approximate surface area is 204 Å². The molecule has 0 N–H and O–H groups in total. The Balaban J connectivity index is 0.000000462. The summed E-state index contributed by atoms with van der Waals surface area (Å²) >= 11 is 19.6. The lowest BCUT2D eigenvalue weighted by Crippen LogP contribution is -2.07. The highest BCUT2D eigenvalue weighted by Gasteiger charge is 2.07. The minimum Gasteiger partial charge on any atom is -0.344 e. The van der Waals surface area contributed by atoms with Gasteiger partial charge in [-0.3, -0.25) is 0 Å². The zero-order chi connectivity index (χ0) is 18.9.